The van der Waals surface area contributed by atoms with E-state index in [0.717, 1.165) is 27.8 Å². The highest BCUT2D eigenvalue weighted by Crippen LogP contribution is 2.31. The molecule has 0 bridgehead atoms. The van der Waals surface area contributed by atoms with Gasteiger partial charge in [0.2, 0.25) is 0 Å². The number of amides is 3. The molecular formula is C18H15F2N5O3. The monoisotopic (exact) mass is 387 g/mol. The van der Waals surface area contributed by atoms with Crippen LogP contribution in [0.4, 0.5) is 13.6 Å². The third-order valence-corrected chi connectivity index (χ3v) is 4.77. The van der Waals surface area contributed by atoms with Crippen LogP contribution in [0, 0.1) is 11.6 Å². The summed E-state index contributed by atoms with van der Waals surface area (Å²) in [5.74, 6) is -2.27. The van der Waals surface area contributed by atoms with Gasteiger partial charge < -0.3 is 5.32 Å². The van der Waals surface area contributed by atoms with Crippen molar-refractivity contribution in [3.8, 4) is 0 Å². The lowest BCUT2D eigenvalue weighted by Gasteiger charge is -2.22. The van der Waals surface area contributed by atoms with Gasteiger partial charge in [-0.15, -0.1) is 5.10 Å². The molecule has 3 aromatic rings. The molecule has 28 heavy (non-hydrogen) atoms. The Balaban J connectivity index is 1.60. The van der Waals surface area contributed by atoms with Crippen molar-refractivity contribution < 1.29 is 18.4 Å². The number of nitrogens with one attached hydrogen (secondary N) is 1. The number of carbonyl (C=O) groups is 2. The molecule has 1 unspecified atom stereocenters. The first-order valence-electron chi connectivity index (χ1n) is 8.45. The summed E-state index contributed by atoms with van der Waals surface area (Å²) in [6.45, 7) is 1.12. The minimum absolute atomic E-state index is 0.0403. The molecule has 10 heteroatoms. The zero-order valence-electron chi connectivity index (χ0n) is 14.7. The summed E-state index contributed by atoms with van der Waals surface area (Å²) in [5, 5.41) is 6.54. The Morgan fingerprint density at radius 1 is 1.11 bits per heavy atom. The highest BCUT2D eigenvalue weighted by atomic mass is 19.1. The second kappa shape index (κ2) is 6.25. The van der Waals surface area contributed by atoms with Crippen molar-refractivity contribution in [2.45, 2.75) is 19.0 Å². The van der Waals surface area contributed by atoms with Gasteiger partial charge in [-0.1, -0.05) is 6.07 Å². The molecule has 0 saturated carbocycles. The van der Waals surface area contributed by atoms with E-state index in [-0.39, 0.29) is 18.7 Å². The van der Waals surface area contributed by atoms with Gasteiger partial charge in [-0.05, 0) is 37.3 Å². The number of benzene rings is 1. The molecule has 1 atom stereocenters. The first-order chi connectivity index (χ1) is 13.3. The zero-order chi connectivity index (χ0) is 20.1. The van der Waals surface area contributed by atoms with Crippen molar-refractivity contribution in [2.75, 3.05) is 6.54 Å². The molecule has 0 radical (unpaired) electrons. The molecule has 3 amide bonds. The minimum atomic E-state index is -1.74. The van der Waals surface area contributed by atoms with Crippen molar-refractivity contribution in [2.24, 2.45) is 0 Å². The Bertz CT molecular complexity index is 1170. The number of nitrogens with zero attached hydrogens (tertiary/aromatic N) is 4. The Kier molecular flexibility index (Phi) is 3.98. The third kappa shape index (κ3) is 2.65. The van der Waals surface area contributed by atoms with Gasteiger partial charge in [0.25, 0.3) is 5.91 Å². The van der Waals surface area contributed by atoms with Crippen molar-refractivity contribution >= 4 is 17.6 Å². The number of fused-ring (bicyclic) bond motifs is 1. The molecule has 2 aromatic heterocycles. The Morgan fingerprint density at radius 3 is 2.64 bits per heavy atom. The normalized spacial score (nSPS) is 19.5. The molecule has 1 saturated heterocycles. The fourth-order valence-corrected chi connectivity index (χ4v) is 3.27. The average Bonchev–Trinajstić information content (AvgIpc) is 3.10. The smallest absolute Gasteiger partial charge is 0.319 e. The molecule has 3 heterocycles. The molecule has 4 rings (SSSR count). The molecule has 1 N–H and O–H groups in total. The van der Waals surface area contributed by atoms with Gasteiger partial charge in [0.05, 0.1) is 13.1 Å². The number of imide groups is 1. The lowest BCUT2D eigenvalue weighted by atomic mass is 9.91. The molecule has 1 aliphatic rings. The van der Waals surface area contributed by atoms with E-state index in [0.29, 0.717) is 5.65 Å². The quantitative estimate of drug-likeness (QED) is 0.683. The van der Waals surface area contributed by atoms with Crippen LogP contribution >= 0.6 is 0 Å². The number of urea groups is 1. The maximum atomic E-state index is 14.2. The van der Waals surface area contributed by atoms with Crippen LogP contribution in [0.25, 0.3) is 5.65 Å². The van der Waals surface area contributed by atoms with E-state index in [2.05, 4.69) is 10.4 Å². The lowest BCUT2D eigenvalue weighted by molar-refractivity contribution is -0.131. The van der Waals surface area contributed by atoms with Crippen LogP contribution in [0.1, 0.15) is 12.5 Å². The van der Waals surface area contributed by atoms with Gasteiger partial charge in [-0.3, -0.25) is 14.1 Å². The SMILES string of the molecule is CC1(c2cc(F)ccc2F)NC(=O)N(CCn2nc3ccccn3c2=O)C1=O. The van der Waals surface area contributed by atoms with Crippen molar-refractivity contribution in [3.05, 3.63) is 70.3 Å². The molecule has 8 nitrogen and oxygen atoms in total. The van der Waals surface area contributed by atoms with Gasteiger partial charge in [0.15, 0.2) is 5.65 Å². The number of carbonyl (C=O) groups excluding carboxylic acids is 2. The van der Waals surface area contributed by atoms with E-state index in [9.17, 15) is 23.2 Å². The van der Waals surface area contributed by atoms with Crippen LogP contribution in [0.5, 0.6) is 0 Å². The summed E-state index contributed by atoms with van der Waals surface area (Å²) in [6, 6.07) is 7.00. The Labute approximate surface area is 157 Å². The standard InChI is InChI=1S/C18H15F2N5O3/c1-18(12-10-11(19)5-6-13(12)20)15(26)24(16(27)21-18)8-9-25-17(28)23-7-3-2-4-14(23)22-25/h2-7,10H,8-9H2,1H3,(H,21,27). The van der Waals surface area contributed by atoms with E-state index >= 15 is 0 Å². The fraction of sp³-hybridized carbons (Fsp3) is 0.222. The Hall–Kier alpha value is -3.56. The van der Waals surface area contributed by atoms with Crippen molar-refractivity contribution in [1.82, 2.24) is 24.4 Å². The number of halogens is 2. The van der Waals surface area contributed by atoms with E-state index in [1.807, 2.05) is 0 Å². The zero-order valence-corrected chi connectivity index (χ0v) is 14.7. The second-order valence-electron chi connectivity index (χ2n) is 6.57. The molecule has 1 aromatic carbocycles. The predicted octanol–water partition coefficient (Wildman–Crippen LogP) is 1.24. The summed E-state index contributed by atoms with van der Waals surface area (Å²) >= 11 is 0. The van der Waals surface area contributed by atoms with E-state index in [1.54, 1.807) is 24.4 Å². The van der Waals surface area contributed by atoms with Crippen molar-refractivity contribution in [3.63, 3.8) is 0 Å². The summed E-state index contributed by atoms with van der Waals surface area (Å²) < 4.78 is 30.2. The van der Waals surface area contributed by atoms with Crippen molar-refractivity contribution in [1.29, 1.82) is 0 Å². The van der Waals surface area contributed by atoms with Gasteiger partial charge in [-0.25, -0.2) is 23.1 Å². The third-order valence-electron chi connectivity index (χ3n) is 4.77. The summed E-state index contributed by atoms with van der Waals surface area (Å²) in [4.78, 5) is 38.3. The second-order valence-corrected chi connectivity index (χ2v) is 6.57. The highest BCUT2D eigenvalue weighted by Gasteiger charge is 2.50. The molecular weight excluding hydrogens is 372 g/mol. The maximum Gasteiger partial charge on any atom is 0.350 e. The number of hydrogen-bond donors (Lipinski definition) is 1. The van der Waals surface area contributed by atoms with Gasteiger partial charge in [0, 0.05) is 11.8 Å². The first kappa shape index (κ1) is 17.8. The summed E-state index contributed by atoms with van der Waals surface area (Å²) in [7, 11) is 0. The minimum Gasteiger partial charge on any atom is -0.319 e. The van der Waals surface area contributed by atoms with Crippen LogP contribution in [-0.4, -0.2) is 37.6 Å². The van der Waals surface area contributed by atoms with E-state index in [1.165, 1.54) is 11.3 Å². The maximum absolute atomic E-state index is 14.2. The van der Waals surface area contributed by atoms with Gasteiger partial charge in [0.1, 0.15) is 17.2 Å². The first-order valence-corrected chi connectivity index (χ1v) is 8.45. The molecule has 0 spiro atoms. The van der Waals surface area contributed by atoms with Gasteiger partial charge >= 0.3 is 11.7 Å². The van der Waals surface area contributed by atoms with Crippen LogP contribution in [-0.2, 0) is 16.9 Å². The number of pyridine rings is 1. The molecule has 1 fully saturated rings. The predicted molar refractivity (Wildman–Crippen MR) is 93.4 cm³/mol. The van der Waals surface area contributed by atoms with Gasteiger partial charge in [-0.2, -0.15) is 0 Å². The summed E-state index contributed by atoms with van der Waals surface area (Å²) in [6.07, 6.45) is 1.55. The highest BCUT2D eigenvalue weighted by molar-refractivity contribution is 6.07. The number of hydrogen-bond acceptors (Lipinski definition) is 4. The van der Waals surface area contributed by atoms with Crippen LogP contribution in [0.15, 0.2) is 47.4 Å². The Morgan fingerprint density at radius 2 is 1.89 bits per heavy atom. The largest absolute Gasteiger partial charge is 0.350 e. The molecule has 1 aliphatic heterocycles. The van der Waals surface area contributed by atoms with Crippen LogP contribution in [0.3, 0.4) is 0 Å². The van der Waals surface area contributed by atoms with E-state index < -0.39 is 34.8 Å². The molecule has 144 valence electrons. The lowest BCUT2D eigenvalue weighted by Crippen LogP contribution is -2.42. The van der Waals surface area contributed by atoms with Crippen LogP contribution < -0.4 is 11.0 Å². The number of rotatable bonds is 4. The van der Waals surface area contributed by atoms with Crippen LogP contribution in [0.2, 0.25) is 0 Å². The number of aromatic nitrogens is 3. The summed E-state index contributed by atoms with van der Waals surface area (Å²) in [5.41, 5.74) is -2.00. The molecule has 0 aliphatic carbocycles. The fourth-order valence-electron chi connectivity index (χ4n) is 3.27. The average molecular weight is 387 g/mol. The topological polar surface area (TPSA) is 88.7 Å². The van der Waals surface area contributed by atoms with E-state index in [4.69, 9.17) is 0 Å².